The monoisotopic (exact) mass is 372 g/mol. The first-order valence-electron chi connectivity index (χ1n) is 9.79. The maximum Gasteiger partial charge on any atom is 0.228 e. The number of hydrogen-bond donors (Lipinski definition) is 1. The Balaban J connectivity index is 1.49. The molecular weight excluding hydrogens is 348 g/mol. The number of carbonyl (C=O) groups excluding carboxylic acids is 2. The number of nitrogens with one attached hydrogen (secondary N) is 1. The predicted molar refractivity (Wildman–Crippen MR) is 114 cm³/mol. The molecule has 1 heterocycles. The summed E-state index contributed by atoms with van der Waals surface area (Å²) in [4.78, 5) is 26.6. The molecule has 0 unspecified atom stereocenters. The summed E-state index contributed by atoms with van der Waals surface area (Å²) >= 11 is 0. The van der Waals surface area contributed by atoms with Crippen LogP contribution in [0.4, 0.5) is 11.4 Å². The lowest BCUT2D eigenvalue weighted by atomic mass is 10.0. The van der Waals surface area contributed by atoms with Gasteiger partial charge in [-0.3, -0.25) is 9.59 Å². The van der Waals surface area contributed by atoms with E-state index in [-0.39, 0.29) is 11.8 Å². The summed E-state index contributed by atoms with van der Waals surface area (Å²) in [5.74, 6) is 0.139. The summed E-state index contributed by atoms with van der Waals surface area (Å²) in [5, 5.41) is 5.24. The predicted octanol–water partition coefficient (Wildman–Crippen LogP) is 4.85. The first-order chi connectivity index (χ1) is 13.6. The van der Waals surface area contributed by atoms with Gasteiger partial charge in [-0.25, -0.2) is 0 Å². The second-order valence-corrected chi connectivity index (χ2v) is 7.37. The van der Waals surface area contributed by atoms with E-state index in [4.69, 9.17) is 0 Å². The molecule has 0 radical (unpaired) electrons. The number of anilines is 2. The molecule has 0 spiro atoms. The average molecular weight is 372 g/mol. The van der Waals surface area contributed by atoms with Crippen molar-refractivity contribution in [3.8, 4) is 0 Å². The normalized spacial score (nSPS) is 14.3. The highest BCUT2D eigenvalue weighted by Gasteiger charge is 2.21. The van der Waals surface area contributed by atoms with Gasteiger partial charge in [0.15, 0.2) is 0 Å². The Morgan fingerprint density at radius 3 is 2.68 bits per heavy atom. The van der Waals surface area contributed by atoms with Gasteiger partial charge in [0, 0.05) is 24.3 Å². The Morgan fingerprint density at radius 2 is 1.86 bits per heavy atom. The van der Waals surface area contributed by atoms with Crippen LogP contribution in [0.25, 0.3) is 10.8 Å². The molecule has 4 heteroatoms. The molecule has 28 heavy (non-hydrogen) atoms. The van der Waals surface area contributed by atoms with Gasteiger partial charge in [0.2, 0.25) is 11.8 Å². The highest BCUT2D eigenvalue weighted by molar-refractivity contribution is 5.98. The topological polar surface area (TPSA) is 49.4 Å². The number of rotatable bonds is 4. The van der Waals surface area contributed by atoms with E-state index in [2.05, 4.69) is 17.4 Å². The molecule has 1 saturated heterocycles. The number of fused-ring (bicyclic) bond motifs is 1. The van der Waals surface area contributed by atoms with Gasteiger partial charge in [-0.1, -0.05) is 42.5 Å². The summed E-state index contributed by atoms with van der Waals surface area (Å²) in [6.45, 7) is 2.75. The summed E-state index contributed by atoms with van der Waals surface area (Å²) in [7, 11) is 0. The Labute approximate surface area is 165 Å². The minimum absolute atomic E-state index is 0.0439. The van der Waals surface area contributed by atoms with Crippen molar-refractivity contribution in [1.29, 1.82) is 0 Å². The minimum Gasteiger partial charge on any atom is -0.326 e. The standard InChI is InChI=1S/C24H24N2O2/c1-17-15-20(12-13-22(17)26-14-5-4-11-24(26)28)25-23(27)16-19-9-6-8-18-7-2-3-10-21(18)19/h2-3,6-10,12-13,15H,4-5,11,14,16H2,1H3,(H,25,27). The van der Waals surface area contributed by atoms with Crippen molar-refractivity contribution in [2.75, 3.05) is 16.8 Å². The van der Waals surface area contributed by atoms with E-state index in [1.807, 2.05) is 60.4 Å². The molecule has 4 rings (SSSR count). The minimum atomic E-state index is -0.0439. The van der Waals surface area contributed by atoms with Crippen LogP contribution >= 0.6 is 0 Å². The molecule has 3 aromatic carbocycles. The molecular formula is C24H24N2O2. The Morgan fingerprint density at radius 1 is 1.04 bits per heavy atom. The number of amides is 2. The fourth-order valence-electron chi connectivity index (χ4n) is 3.92. The second kappa shape index (κ2) is 7.85. The number of aryl methyl sites for hydroxylation is 1. The van der Waals surface area contributed by atoms with Gasteiger partial charge >= 0.3 is 0 Å². The lowest BCUT2D eigenvalue weighted by molar-refractivity contribution is -0.119. The third-order valence-electron chi connectivity index (χ3n) is 5.33. The van der Waals surface area contributed by atoms with Crippen molar-refractivity contribution >= 4 is 34.0 Å². The van der Waals surface area contributed by atoms with Crippen molar-refractivity contribution in [1.82, 2.24) is 0 Å². The zero-order chi connectivity index (χ0) is 19.5. The number of benzene rings is 3. The number of nitrogens with zero attached hydrogens (tertiary/aromatic N) is 1. The molecule has 1 aliphatic rings. The molecule has 3 aromatic rings. The van der Waals surface area contributed by atoms with E-state index in [1.165, 1.54) is 0 Å². The first kappa shape index (κ1) is 18.2. The third-order valence-corrected chi connectivity index (χ3v) is 5.33. The summed E-state index contributed by atoms with van der Waals surface area (Å²) in [6, 6.07) is 19.9. The third kappa shape index (κ3) is 3.77. The fourth-order valence-corrected chi connectivity index (χ4v) is 3.92. The van der Waals surface area contributed by atoms with Gasteiger partial charge in [-0.15, -0.1) is 0 Å². The summed E-state index contributed by atoms with van der Waals surface area (Å²) < 4.78 is 0. The van der Waals surface area contributed by atoms with Crippen LogP contribution < -0.4 is 10.2 Å². The highest BCUT2D eigenvalue weighted by Crippen LogP contribution is 2.27. The summed E-state index contributed by atoms with van der Waals surface area (Å²) in [6.07, 6.45) is 2.95. The van der Waals surface area contributed by atoms with Crippen LogP contribution in [0, 0.1) is 6.92 Å². The highest BCUT2D eigenvalue weighted by atomic mass is 16.2. The van der Waals surface area contributed by atoms with Gasteiger partial charge in [-0.2, -0.15) is 0 Å². The largest absolute Gasteiger partial charge is 0.326 e. The van der Waals surface area contributed by atoms with Gasteiger partial charge in [0.05, 0.1) is 6.42 Å². The van der Waals surface area contributed by atoms with E-state index >= 15 is 0 Å². The van der Waals surface area contributed by atoms with Crippen molar-refractivity contribution in [3.05, 3.63) is 71.8 Å². The van der Waals surface area contributed by atoms with E-state index in [0.29, 0.717) is 12.8 Å². The van der Waals surface area contributed by atoms with E-state index in [9.17, 15) is 9.59 Å². The molecule has 0 aliphatic carbocycles. The molecule has 0 bridgehead atoms. The SMILES string of the molecule is Cc1cc(NC(=O)Cc2cccc3ccccc23)ccc1N1CCCCC1=O. The van der Waals surface area contributed by atoms with Crippen LogP contribution in [-0.4, -0.2) is 18.4 Å². The molecule has 4 nitrogen and oxygen atoms in total. The molecule has 0 aromatic heterocycles. The quantitative estimate of drug-likeness (QED) is 0.712. The molecule has 142 valence electrons. The van der Waals surface area contributed by atoms with Crippen LogP contribution in [-0.2, 0) is 16.0 Å². The van der Waals surface area contributed by atoms with E-state index < -0.39 is 0 Å². The van der Waals surface area contributed by atoms with Crippen molar-refractivity contribution in [2.45, 2.75) is 32.6 Å². The fraction of sp³-hybridized carbons (Fsp3) is 0.250. The smallest absolute Gasteiger partial charge is 0.228 e. The van der Waals surface area contributed by atoms with Crippen molar-refractivity contribution in [3.63, 3.8) is 0 Å². The lowest BCUT2D eigenvalue weighted by Gasteiger charge is -2.28. The summed E-state index contributed by atoms with van der Waals surface area (Å²) in [5.41, 5.74) is 3.72. The van der Waals surface area contributed by atoms with Crippen LogP contribution in [0.2, 0.25) is 0 Å². The van der Waals surface area contributed by atoms with E-state index in [1.54, 1.807) is 0 Å². The second-order valence-electron chi connectivity index (χ2n) is 7.37. The zero-order valence-corrected chi connectivity index (χ0v) is 16.1. The molecule has 0 atom stereocenters. The lowest BCUT2D eigenvalue weighted by Crippen LogP contribution is -2.35. The van der Waals surface area contributed by atoms with Gasteiger partial charge in [-0.05, 0) is 59.9 Å². The number of piperidine rings is 1. The number of hydrogen-bond acceptors (Lipinski definition) is 2. The molecule has 2 amide bonds. The average Bonchev–Trinajstić information content (AvgIpc) is 2.69. The molecule has 1 fully saturated rings. The molecule has 1 N–H and O–H groups in total. The molecule has 0 saturated carbocycles. The van der Waals surface area contributed by atoms with Crippen molar-refractivity contribution < 1.29 is 9.59 Å². The van der Waals surface area contributed by atoms with Gasteiger partial charge < -0.3 is 10.2 Å². The Bertz CT molecular complexity index is 1040. The Kier molecular flexibility index (Phi) is 5.11. The maximum atomic E-state index is 12.6. The van der Waals surface area contributed by atoms with Gasteiger partial charge in [0.25, 0.3) is 0 Å². The number of carbonyl (C=O) groups is 2. The van der Waals surface area contributed by atoms with Crippen molar-refractivity contribution in [2.24, 2.45) is 0 Å². The zero-order valence-electron chi connectivity index (χ0n) is 16.1. The van der Waals surface area contributed by atoms with Crippen LogP contribution in [0.15, 0.2) is 60.7 Å². The van der Waals surface area contributed by atoms with E-state index in [0.717, 1.165) is 52.7 Å². The van der Waals surface area contributed by atoms with Gasteiger partial charge in [0.1, 0.15) is 0 Å². The maximum absolute atomic E-state index is 12.6. The van der Waals surface area contributed by atoms with Crippen LogP contribution in [0.1, 0.15) is 30.4 Å². The van der Waals surface area contributed by atoms with Crippen LogP contribution in [0.5, 0.6) is 0 Å². The first-order valence-corrected chi connectivity index (χ1v) is 9.79. The Hall–Kier alpha value is -3.14. The van der Waals surface area contributed by atoms with Crippen LogP contribution in [0.3, 0.4) is 0 Å². The molecule has 1 aliphatic heterocycles.